The molecule has 0 aromatic rings. The van der Waals surface area contributed by atoms with Crippen molar-refractivity contribution in [2.45, 2.75) is 24.5 Å². The third-order valence-corrected chi connectivity index (χ3v) is 2.61. The highest BCUT2D eigenvalue weighted by molar-refractivity contribution is 7.87. The predicted molar refractivity (Wildman–Crippen MR) is 36.1 cm³/mol. The zero-order valence-electron chi connectivity index (χ0n) is 5.04. The Hall–Kier alpha value is 0.200. The molecule has 0 rings (SSSR count). The number of alkyl halides is 1. The van der Waals surface area contributed by atoms with Gasteiger partial charge in [-0.15, -0.1) is 11.6 Å². The molecule has 0 heterocycles. The molecule has 1 unspecified atom stereocenters. The van der Waals surface area contributed by atoms with Crippen molar-refractivity contribution in [2.24, 2.45) is 0 Å². The lowest BCUT2D eigenvalue weighted by Crippen LogP contribution is -2.12. The van der Waals surface area contributed by atoms with Crippen LogP contribution in [0.15, 0.2) is 0 Å². The third-order valence-electron chi connectivity index (χ3n) is 0.839. The minimum Gasteiger partial charge on any atom is -0.284 e. The van der Waals surface area contributed by atoms with E-state index in [4.69, 9.17) is 16.2 Å². The fourth-order valence-corrected chi connectivity index (χ4v) is 1.13. The van der Waals surface area contributed by atoms with E-state index in [9.17, 15) is 8.42 Å². The summed E-state index contributed by atoms with van der Waals surface area (Å²) in [4.78, 5) is 0. The Morgan fingerprint density at radius 3 is 2.22 bits per heavy atom. The van der Waals surface area contributed by atoms with Gasteiger partial charge in [-0.25, -0.2) is 0 Å². The van der Waals surface area contributed by atoms with E-state index in [0.717, 1.165) is 0 Å². The molecule has 5 heteroatoms. The van der Waals surface area contributed by atoms with Crippen molar-refractivity contribution in [2.75, 3.05) is 0 Å². The van der Waals surface area contributed by atoms with E-state index in [1.165, 1.54) is 0 Å². The molecule has 0 bridgehead atoms. The molecule has 56 valence electrons. The van der Waals surface area contributed by atoms with Gasteiger partial charge >= 0.3 is 0 Å². The van der Waals surface area contributed by atoms with Crippen LogP contribution in [0, 0.1) is 0 Å². The van der Waals surface area contributed by atoms with Crippen LogP contribution in [-0.4, -0.2) is 17.7 Å². The monoisotopic (exact) mass is 172 g/mol. The quantitative estimate of drug-likeness (QED) is 0.515. The van der Waals surface area contributed by atoms with Crippen LogP contribution in [0.2, 0.25) is 0 Å². The van der Waals surface area contributed by atoms with E-state index in [0.29, 0.717) is 12.8 Å². The molecule has 0 amide bonds. The Morgan fingerprint density at radius 1 is 1.67 bits per heavy atom. The fourth-order valence-electron chi connectivity index (χ4n) is 0.376. The average Bonchev–Trinajstić information content (AvgIpc) is 1.64. The molecule has 0 aromatic heterocycles. The van der Waals surface area contributed by atoms with Gasteiger partial charge in [0, 0.05) is 0 Å². The average molecular weight is 173 g/mol. The van der Waals surface area contributed by atoms with Gasteiger partial charge in [0.1, 0.15) is 0 Å². The van der Waals surface area contributed by atoms with Crippen LogP contribution in [0.3, 0.4) is 0 Å². The van der Waals surface area contributed by atoms with E-state index in [-0.39, 0.29) is 0 Å². The van der Waals surface area contributed by atoms with Crippen LogP contribution in [0.4, 0.5) is 0 Å². The van der Waals surface area contributed by atoms with Crippen molar-refractivity contribution < 1.29 is 13.0 Å². The van der Waals surface area contributed by atoms with E-state index in [2.05, 4.69) is 0 Å². The molecule has 9 heavy (non-hydrogen) atoms. The van der Waals surface area contributed by atoms with E-state index in [1.54, 1.807) is 6.92 Å². The maximum atomic E-state index is 10.1. The van der Waals surface area contributed by atoms with Crippen molar-refractivity contribution in [3.63, 3.8) is 0 Å². The highest BCUT2D eigenvalue weighted by Crippen LogP contribution is 2.10. The lowest BCUT2D eigenvalue weighted by molar-refractivity contribution is 0.476. The Morgan fingerprint density at radius 2 is 2.11 bits per heavy atom. The van der Waals surface area contributed by atoms with Crippen molar-refractivity contribution in [3.05, 3.63) is 0 Å². The van der Waals surface area contributed by atoms with E-state index < -0.39 is 14.8 Å². The molecule has 0 aliphatic carbocycles. The normalized spacial score (nSPS) is 15.4. The smallest absolute Gasteiger partial charge is 0.281 e. The molecule has 0 saturated carbocycles. The van der Waals surface area contributed by atoms with Crippen LogP contribution < -0.4 is 0 Å². The van der Waals surface area contributed by atoms with E-state index in [1.807, 2.05) is 0 Å². The van der Waals surface area contributed by atoms with E-state index >= 15 is 0 Å². The molecular weight excluding hydrogens is 164 g/mol. The topological polar surface area (TPSA) is 54.4 Å². The first-order chi connectivity index (χ1) is 3.98. The number of hydrogen-bond acceptors (Lipinski definition) is 2. The molecule has 1 N–H and O–H groups in total. The van der Waals surface area contributed by atoms with Gasteiger partial charge < -0.3 is 0 Å². The molecule has 0 fully saturated rings. The predicted octanol–water partition coefficient (Wildman–Crippen LogP) is 1.24. The first kappa shape index (κ1) is 9.20. The van der Waals surface area contributed by atoms with Crippen LogP contribution in [0.5, 0.6) is 0 Å². The van der Waals surface area contributed by atoms with Gasteiger partial charge in [-0.3, -0.25) is 4.55 Å². The Labute approximate surface area is 59.8 Å². The molecule has 0 radical (unpaired) electrons. The molecule has 0 aliphatic rings. The molecule has 3 nitrogen and oxygen atoms in total. The second-order valence-electron chi connectivity index (χ2n) is 1.71. The summed E-state index contributed by atoms with van der Waals surface area (Å²) in [6.07, 6.45) is 0.939. The highest BCUT2D eigenvalue weighted by Gasteiger charge is 2.17. The van der Waals surface area contributed by atoms with Gasteiger partial charge in [-0.2, -0.15) is 8.42 Å². The van der Waals surface area contributed by atoms with Gasteiger partial charge in [-0.05, 0) is 6.42 Å². The van der Waals surface area contributed by atoms with Crippen molar-refractivity contribution >= 4 is 21.7 Å². The minimum absolute atomic E-state index is 0.292. The number of hydrogen-bond donors (Lipinski definition) is 1. The summed E-state index contributed by atoms with van der Waals surface area (Å²) >= 11 is 5.22. The van der Waals surface area contributed by atoms with Crippen molar-refractivity contribution in [3.8, 4) is 0 Å². The van der Waals surface area contributed by atoms with Crippen molar-refractivity contribution in [1.29, 1.82) is 0 Å². The zero-order chi connectivity index (χ0) is 7.49. The van der Waals surface area contributed by atoms with Gasteiger partial charge in [0.05, 0.1) is 0 Å². The van der Waals surface area contributed by atoms with Gasteiger partial charge in [0.25, 0.3) is 10.1 Å². The van der Waals surface area contributed by atoms with Crippen LogP contribution in [0.25, 0.3) is 0 Å². The van der Waals surface area contributed by atoms with Crippen molar-refractivity contribution in [1.82, 2.24) is 0 Å². The molecule has 0 aromatic carbocycles. The Bertz CT molecular complexity index is 163. The summed E-state index contributed by atoms with van der Waals surface area (Å²) in [5.41, 5.74) is 0. The molecule has 0 saturated heterocycles. The maximum Gasteiger partial charge on any atom is 0.281 e. The first-order valence-corrected chi connectivity index (χ1v) is 4.52. The maximum absolute atomic E-state index is 10.1. The molecule has 0 spiro atoms. The Balaban J connectivity index is 3.90. The van der Waals surface area contributed by atoms with Gasteiger partial charge in [-0.1, -0.05) is 13.3 Å². The molecule has 1 atom stereocenters. The molecular formula is C4H9ClO3S. The fraction of sp³-hybridized carbons (Fsp3) is 1.00. The lowest BCUT2D eigenvalue weighted by Gasteiger charge is -2.01. The van der Waals surface area contributed by atoms with Crippen LogP contribution >= 0.6 is 11.6 Å². The lowest BCUT2D eigenvalue weighted by atomic mass is 10.4. The summed E-state index contributed by atoms with van der Waals surface area (Å²) in [6.45, 7) is 1.79. The Kier molecular flexibility index (Phi) is 3.46. The molecule has 0 aliphatic heterocycles. The van der Waals surface area contributed by atoms with Gasteiger partial charge in [0.15, 0.2) is 4.71 Å². The SMILES string of the molecule is CCCC(Cl)S(=O)(=O)O. The zero-order valence-corrected chi connectivity index (χ0v) is 6.61. The largest absolute Gasteiger partial charge is 0.284 e. The minimum atomic E-state index is -4.00. The second kappa shape index (κ2) is 3.39. The highest BCUT2D eigenvalue weighted by atomic mass is 35.5. The second-order valence-corrected chi connectivity index (χ2v) is 4.10. The van der Waals surface area contributed by atoms with Crippen LogP contribution in [0.1, 0.15) is 19.8 Å². The first-order valence-electron chi connectivity index (χ1n) is 2.59. The third kappa shape index (κ3) is 3.72. The standard InChI is InChI=1S/C4H9ClO3S/c1-2-3-4(5)9(6,7)8/h4H,2-3H2,1H3,(H,6,7,8). The summed E-state index contributed by atoms with van der Waals surface area (Å²) in [5.74, 6) is 0. The summed E-state index contributed by atoms with van der Waals surface area (Å²) in [7, 11) is -4.00. The number of rotatable bonds is 3. The van der Waals surface area contributed by atoms with Crippen LogP contribution in [-0.2, 0) is 10.1 Å². The number of halogens is 1. The summed E-state index contributed by atoms with van der Waals surface area (Å²) in [5, 5.41) is 0. The van der Waals surface area contributed by atoms with Gasteiger partial charge in [0.2, 0.25) is 0 Å². The summed E-state index contributed by atoms with van der Waals surface area (Å²) in [6, 6.07) is 0. The summed E-state index contributed by atoms with van der Waals surface area (Å²) < 4.78 is 27.4.